The number of carbonyl (C=O) groups excluding carboxylic acids is 3. The van der Waals surface area contributed by atoms with E-state index in [4.69, 9.17) is 4.74 Å². The number of ether oxygens (including phenoxy) is 2. The monoisotopic (exact) mass is 202 g/mol. The van der Waals surface area contributed by atoms with Crippen molar-refractivity contribution < 1.29 is 23.9 Å². The Morgan fingerprint density at radius 2 is 1.93 bits per heavy atom. The minimum atomic E-state index is -0.780. The summed E-state index contributed by atoms with van der Waals surface area (Å²) >= 11 is 0. The number of carbonyl (C=O) groups is 3. The largest absolute Gasteiger partial charge is 0.454 e. The molecule has 0 rings (SSSR count). The molecule has 0 saturated heterocycles. The van der Waals surface area contributed by atoms with Crippen LogP contribution in [0, 0.1) is 5.92 Å². The third-order valence-electron chi connectivity index (χ3n) is 1.45. The molecule has 0 amide bonds. The van der Waals surface area contributed by atoms with Crippen LogP contribution >= 0.6 is 0 Å². The van der Waals surface area contributed by atoms with Gasteiger partial charge in [-0.3, -0.25) is 9.59 Å². The smallest absolute Gasteiger partial charge is 0.344 e. The van der Waals surface area contributed by atoms with Gasteiger partial charge < -0.3 is 9.47 Å². The number of hydrogen-bond donors (Lipinski definition) is 0. The maximum atomic E-state index is 11.0. The average Bonchev–Trinajstić information content (AvgIpc) is 2.10. The normalized spacial score (nSPS) is 12.0. The third kappa shape index (κ3) is 5.29. The first-order chi connectivity index (χ1) is 6.47. The Balaban J connectivity index is 3.91. The Morgan fingerprint density at radius 1 is 1.36 bits per heavy atom. The summed E-state index contributed by atoms with van der Waals surface area (Å²) in [4.78, 5) is 31.7. The second-order valence-corrected chi connectivity index (χ2v) is 3.11. The van der Waals surface area contributed by atoms with Crippen molar-refractivity contribution in [1.29, 1.82) is 0 Å². The van der Waals surface area contributed by atoms with E-state index in [1.807, 2.05) is 0 Å². The summed E-state index contributed by atoms with van der Waals surface area (Å²) in [5.74, 6) is -1.37. The Hall–Kier alpha value is -1.39. The fraction of sp³-hybridized carbons (Fsp3) is 0.667. The fourth-order valence-electron chi connectivity index (χ4n) is 0.667. The van der Waals surface area contributed by atoms with Crippen molar-refractivity contribution in [2.75, 3.05) is 6.61 Å². The molecule has 0 aromatic carbocycles. The Kier molecular flexibility index (Phi) is 5.52. The Bertz CT molecular complexity index is 221. The van der Waals surface area contributed by atoms with Gasteiger partial charge in [-0.2, -0.15) is 0 Å². The molecule has 5 heteroatoms. The van der Waals surface area contributed by atoms with Crippen LogP contribution in [0.5, 0.6) is 0 Å². The van der Waals surface area contributed by atoms with E-state index < -0.39 is 24.6 Å². The van der Waals surface area contributed by atoms with Gasteiger partial charge in [0.05, 0.1) is 0 Å². The second kappa shape index (κ2) is 6.12. The highest BCUT2D eigenvalue weighted by molar-refractivity contribution is 5.76. The molecule has 0 aliphatic rings. The van der Waals surface area contributed by atoms with Gasteiger partial charge >= 0.3 is 11.9 Å². The fourth-order valence-corrected chi connectivity index (χ4v) is 0.667. The summed E-state index contributed by atoms with van der Waals surface area (Å²) in [6.45, 7) is 4.23. The summed E-state index contributed by atoms with van der Waals surface area (Å²) in [7, 11) is 0. The van der Waals surface area contributed by atoms with Crippen molar-refractivity contribution in [2.24, 2.45) is 5.92 Å². The molecule has 0 saturated carbocycles. The predicted molar refractivity (Wildman–Crippen MR) is 47.4 cm³/mol. The Labute approximate surface area is 82.4 Å². The molecule has 0 spiro atoms. The molecule has 0 aromatic heterocycles. The lowest BCUT2D eigenvalue weighted by atomic mass is 10.1. The summed E-state index contributed by atoms with van der Waals surface area (Å²) < 4.78 is 9.13. The van der Waals surface area contributed by atoms with Gasteiger partial charge in [0.25, 0.3) is 0 Å². The van der Waals surface area contributed by atoms with E-state index >= 15 is 0 Å². The quantitative estimate of drug-likeness (QED) is 0.474. The zero-order chi connectivity index (χ0) is 11.1. The number of rotatable bonds is 5. The lowest BCUT2D eigenvalue weighted by Crippen LogP contribution is -2.27. The highest BCUT2D eigenvalue weighted by atomic mass is 16.6. The Morgan fingerprint density at radius 3 is 2.29 bits per heavy atom. The molecule has 0 fully saturated rings. The minimum absolute atomic E-state index is 0.0891. The van der Waals surface area contributed by atoms with Gasteiger partial charge in [0.15, 0.2) is 19.0 Å². The molecule has 0 radical (unpaired) electrons. The lowest BCUT2D eigenvalue weighted by molar-refractivity contribution is -0.163. The van der Waals surface area contributed by atoms with Crippen molar-refractivity contribution in [2.45, 2.75) is 26.9 Å². The van der Waals surface area contributed by atoms with E-state index in [1.165, 1.54) is 6.92 Å². The first kappa shape index (κ1) is 12.6. The maximum Gasteiger partial charge on any atom is 0.344 e. The van der Waals surface area contributed by atoms with Crippen LogP contribution in [0.2, 0.25) is 0 Å². The van der Waals surface area contributed by atoms with Crippen molar-refractivity contribution in [1.82, 2.24) is 0 Å². The molecule has 5 nitrogen and oxygen atoms in total. The number of esters is 2. The van der Waals surface area contributed by atoms with Gasteiger partial charge in [-0.15, -0.1) is 0 Å². The van der Waals surface area contributed by atoms with Crippen molar-refractivity contribution in [3.63, 3.8) is 0 Å². The molecule has 0 bridgehead atoms. The van der Waals surface area contributed by atoms with Crippen LogP contribution in [0.25, 0.3) is 0 Å². The van der Waals surface area contributed by atoms with E-state index in [2.05, 4.69) is 4.74 Å². The minimum Gasteiger partial charge on any atom is -0.454 e. The maximum absolute atomic E-state index is 11.0. The van der Waals surface area contributed by atoms with Gasteiger partial charge in [0.2, 0.25) is 0 Å². The number of aldehydes is 1. The van der Waals surface area contributed by atoms with Gasteiger partial charge in [0, 0.05) is 6.92 Å². The van der Waals surface area contributed by atoms with Crippen LogP contribution in [-0.2, 0) is 23.9 Å². The van der Waals surface area contributed by atoms with Crippen LogP contribution in [0.3, 0.4) is 0 Å². The van der Waals surface area contributed by atoms with Crippen molar-refractivity contribution >= 4 is 18.2 Å². The van der Waals surface area contributed by atoms with Crippen molar-refractivity contribution in [3.8, 4) is 0 Å². The molecular weight excluding hydrogens is 188 g/mol. The highest BCUT2D eigenvalue weighted by Gasteiger charge is 2.17. The standard InChI is InChI=1S/C9H14O5/c1-6(2)8(4-10)14-9(12)5-13-7(3)11/h4,6,8H,5H2,1-3H3. The topological polar surface area (TPSA) is 69.7 Å². The first-order valence-corrected chi connectivity index (χ1v) is 4.25. The molecule has 0 aliphatic heterocycles. The zero-order valence-electron chi connectivity index (χ0n) is 8.48. The third-order valence-corrected chi connectivity index (χ3v) is 1.45. The van der Waals surface area contributed by atoms with Crippen LogP contribution in [0.4, 0.5) is 0 Å². The predicted octanol–water partition coefficient (Wildman–Crippen LogP) is 0.316. The van der Waals surface area contributed by atoms with E-state index in [-0.39, 0.29) is 5.92 Å². The SMILES string of the molecule is CC(=O)OCC(=O)OC(C=O)C(C)C. The van der Waals surface area contributed by atoms with Gasteiger partial charge in [-0.25, -0.2) is 4.79 Å². The molecule has 0 aromatic rings. The lowest BCUT2D eigenvalue weighted by Gasteiger charge is -2.14. The molecule has 1 atom stereocenters. The second-order valence-electron chi connectivity index (χ2n) is 3.11. The molecule has 0 heterocycles. The summed E-state index contributed by atoms with van der Waals surface area (Å²) in [6, 6.07) is 0. The average molecular weight is 202 g/mol. The van der Waals surface area contributed by atoms with Crippen LogP contribution < -0.4 is 0 Å². The van der Waals surface area contributed by atoms with Gasteiger partial charge in [-0.05, 0) is 5.92 Å². The molecule has 0 N–H and O–H groups in total. The summed E-state index contributed by atoms with van der Waals surface area (Å²) in [6.07, 6.45) is -0.228. The van der Waals surface area contributed by atoms with Crippen LogP contribution in [0.15, 0.2) is 0 Å². The zero-order valence-corrected chi connectivity index (χ0v) is 8.48. The summed E-state index contributed by atoms with van der Waals surface area (Å²) in [5.41, 5.74) is 0. The molecule has 0 aliphatic carbocycles. The molecule has 80 valence electrons. The summed E-state index contributed by atoms with van der Waals surface area (Å²) in [5, 5.41) is 0. The molecule has 14 heavy (non-hydrogen) atoms. The molecule has 1 unspecified atom stereocenters. The van der Waals surface area contributed by atoms with E-state index in [0.29, 0.717) is 6.29 Å². The van der Waals surface area contributed by atoms with Gasteiger partial charge in [0.1, 0.15) is 0 Å². The van der Waals surface area contributed by atoms with Crippen LogP contribution in [0.1, 0.15) is 20.8 Å². The first-order valence-electron chi connectivity index (χ1n) is 4.25. The van der Waals surface area contributed by atoms with E-state index in [1.54, 1.807) is 13.8 Å². The van der Waals surface area contributed by atoms with E-state index in [0.717, 1.165) is 0 Å². The van der Waals surface area contributed by atoms with E-state index in [9.17, 15) is 14.4 Å². The van der Waals surface area contributed by atoms with Gasteiger partial charge in [-0.1, -0.05) is 13.8 Å². The number of hydrogen-bond acceptors (Lipinski definition) is 5. The molecular formula is C9H14O5. The highest BCUT2D eigenvalue weighted by Crippen LogP contribution is 2.03. The van der Waals surface area contributed by atoms with Crippen LogP contribution in [-0.4, -0.2) is 30.9 Å². The van der Waals surface area contributed by atoms with Crippen molar-refractivity contribution in [3.05, 3.63) is 0 Å².